The molecule has 0 radical (unpaired) electrons. The maximum atomic E-state index is 5.79. The summed E-state index contributed by atoms with van der Waals surface area (Å²) < 4.78 is 16.9. The molecule has 0 spiro atoms. The van der Waals surface area contributed by atoms with Crippen LogP contribution >= 0.6 is 0 Å². The van der Waals surface area contributed by atoms with E-state index in [1.807, 2.05) is 6.92 Å². The van der Waals surface area contributed by atoms with Gasteiger partial charge in [0.15, 0.2) is 11.5 Å². The van der Waals surface area contributed by atoms with Gasteiger partial charge in [-0.1, -0.05) is 0 Å². The van der Waals surface area contributed by atoms with Crippen LogP contribution in [0.4, 0.5) is 0 Å². The average Bonchev–Trinajstić information content (AvgIpc) is 2.39. The Kier molecular flexibility index (Phi) is 4.88. The minimum Gasteiger partial charge on any atom is -0.490 e. The van der Waals surface area contributed by atoms with E-state index in [1.54, 1.807) is 0 Å². The topological polar surface area (TPSA) is 39.7 Å². The Labute approximate surface area is 103 Å². The quantitative estimate of drug-likeness (QED) is 0.791. The lowest BCUT2D eigenvalue weighted by molar-refractivity contribution is -0.0176. The minimum absolute atomic E-state index is 0.148. The molecule has 0 bridgehead atoms. The van der Waals surface area contributed by atoms with Gasteiger partial charge in [-0.3, -0.25) is 0 Å². The summed E-state index contributed by atoms with van der Waals surface area (Å²) in [6.07, 6.45) is 6.40. The molecule has 0 aromatic heterocycles. The highest BCUT2D eigenvalue weighted by atomic mass is 16.6. The van der Waals surface area contributed by atoms with Crippen LogP contribution in [0.15, 0.2) is 23.7 Å². The van der Waals surface area contributed by atoms with Crippen molar-refractivity contribution in [2.24, 2.45) is 0 Å². The molecule has 1 aliphatic carbocycles. The fourth-order valence-electron chi connectivity index (χ4n) is 1.96. The van der Waals surface area contributed by atoms with Crippen LogP contribution in [0.2, 0.25) is 0 Å². The zero-order chi connectivity index (χ0) is 11.9. The van der Waals surface area contributed by atoms with E-state index in [4.69, 9.17) is 14.2 Å². The summed E-state index contributed by atoms with van der Waals surface area (Å²) >= 11 is 0. The van der Waals surface area contributed by atoms with E-state index in [0.717, 1.165) is 44.1 Å². The van der Waals surface area contributed by atoms with Gasteiger partial charge in [-0.05, 0) is 31.9 Å². The molecule has 1 heterocycles. The highest BCUT2D eigenvalue weighted by molar-refractivity contribution is 5.23. The van der Waals surface area contributed by atoms with Crippen LogP contribution in [0.1, 0.15) is 19.8 Å². The maximum absolute atomic E-state index is 5.79. The van der Waals surface area contributed by atoms with Crippen molar-refractivity contribution >= 4 is 0 Å². The smallest absolute Gasteiger partial charge is 0.157 e. The van der Waals surface area contributed by atoms with Gasteiger partial charge in [0.25, 0.3) is 0 Å². The standard InChI is InChI=1S/C13H21NO3/c1-2-15-12-5-3-4-6-13(12)17-10-11-9-14-7-8-16-11/h5-6,11,14H,2-4,7-10H2,1H3. The van der Waals surface area contributed by atoms with Gasteiger partial charge < -0.3 is 19.5 Å². The van der Waals surface area contributed by atoms with Gasteiger partial charge in [0.05, 0.1) is 13.2 Å². The first kappa shape index (κ1) is 12.5. The van der Waals surface area contributed by atoms with Crippen molar-refractivity contribution in [3.8, 4) is 0 Å². The second-order valence-electron chi connectivity index (χ2n) is 4.16. The molecule has 1 N–H and O–H groups in total. The predicted octanol–water partition coefficient (Wildman–Crippen LogP) is 1.59. The number of hydrogen-bond donors (Lipinski definition) is 1. The summed E-state index contributed by atoms with van der Waals surface area (Å²) in [6, 6.07) is 0. The van der Waals surface area contributed by atoms with E-state index in [1.165, 1.54) is 0 Å². The first-order valence-electron chi connectivity index (χ1n) is 6.38. The summed E-state index contributed by atoms with van der Waals surface area (Å²) in [7, 11) is 0. The van der Waals surface area contributed by atoms with Crippen LogP contribution in [0, 0.1) is 0 Å². The van der Waals surface area contributed by atoms with E-state index < -0.39 is 0 Å². The molecule has 4 nitrogen and oxygen atoms in total. The van der Waals surface area contributed by atoms with Crippen LogP contribution in [0.25, 0.3) is 0 Å². The highest BCUT2D eigenvalue weighted by Gasteiger charge is 2.17. The molecule has 0 aromatic carbocycles. The third kappa shape index (κ3) is 3.75. The molecular formula is C13H21NO3. The summed E-state index contributed by atoms with van der Waals surface area (Å²) in [5.74, 6) is 1.75. The van der Waals surface area contributed by atoms with Crippen molar-refractivity contribution in [2.75, 3.05) is 32.9 Å². The molecule has 96 valence electrons. The van der Waals surface area contributed by atoms with Gasteiger partial charge in [0.2, 0.25) is 0 Å². The van der Waals surface area contributed by atoms with Crippen LogP contribution in [-0.2, 0) is 14.2 Å². The Hall–Kier alpha value is -1.00. The number of hydrogen-bond acceptors (Lipinski definition) is 4. The lowest BCUT2D eigenvalue weighted by Crippen LogP contribution is -2.41. The van der Waals surface area contributed by atoms with Gasteiger partial charge in [-0.15, -0.1) is 0 Å². The molecule has 1 aliphatic heterocycles. The molecule has 1 saturated heterocycles. The Morgan fingerprint density at radius 3 is 2.71 bits per heavy atom. The predicted molar refractivity (Wildman–Crippen MR) is 65.6 cm³/mol. The van der Waals surface area contributed by atoms with Crippen molar-refractivity contribution in [3.05, 3.63) is 23.7 Å². The number of rotatable bonds is 5. The summed E-state index contributed by atoms with van der Waals surface area (Å²) in [4.78, 5) is 0. The maximum Gasteiger partial charge on any atom is 0.157 e. The molecular weight excluding hydrogens is 218 g/mol. The van der Waals surface area contributed by atoms with Gasteiger partial charge in [-0.25, -0.2) is 0 Å². The first-order valence-corrected chi connectivity index (χ1v) is 6.38. The molecule has 2 rings (SSSR count). The van der Waals surface area contributed by atoms with Gasteiger partial charge in [0.1, 0.15) is 12.7 Å². The summed E-state index contributed by atoms with van der Waals surface area (Å²) in [6.45, 7) is 5.81. The second-order valence-corrected chi connectivity index (χ2v) is 4.16. The molecule has 0 amide bonds. The normalized spacial score (nSPS) is 24.9. The molecule has 1 fully saturated rings. The van der Waals surface area contributed by atoms with Crippen molar-refractivity contribution < 1.29 is 14.2 Å². The van der Waals surface area contributed by atoms with Crippen LogP contribution in [-0.4, -0.2) is 39.0 Å². The fraction of sp³-hybridized carbons (Fsp3) is 0.692. The Bertz CT molecular complexity index is 293. The van der Waals surface area contributed by atoms with Crippen LogP contribution in [0.5, 0.6) is 0 Å². The van der Waals surface area contributed by atoms with Crippen molar-refractivity contribution in [1.29, 1.82) is 0 Å². The minimum atomic E-state index is 0.148. The molecule has 1 unspecified atom stereocenters. The number of morpholine rings is 1. The van der Waals surface area contributed by atoms with Crippen LogP contribution in [0.3, 0.4) is 0 Å². The van der Waals surface area contributed by atoms with Crippen molar-refractivity contribution in [2.45, 2.75) is 25.9 Å². The average molecular weight is 239 g/mol. The number of allylic oxidation sites excluding steroid dienone is 2. The third-order valence-electron chi connectivity index (χ3n) is 2.80. The summed E-state index contributed by atoms with van der Waals surface area (Å²) in [5, 5.41) is 3.29. The monoisotopic (exact) mass is 239 g/mol. The van der Waals surface area contributed by atoms with E-state index >= 15 is 0 Å². The molecule has 17 heavy (non-hydrogen) atoms. The van der Waals surface area contributed by atoms with Crippen LogP contribution < -0.4 is 5.32 Å². The fourth-order valence-corrected chi connectivity index (χ4v) is 1.96. The van der Waals surface area contributed by atoms with Gasteiger partial charge in [-0.2, -0.15) is 0 Å². The lowest BCUT2D eigenvalue weighted by Gasteiger charge is -2.25. The molecule has 0 saturated carbocycles. The van der Waals surface area contributed by atoms with E-state index in [2.05, 4.69) is 17.5 Å². The molecule has 2 aliphatic rings. The second kappa shape index (κ2) is 6.67. The SMILES string of the molecule is CCOC1=CCCC=C1OCC1CNCCO1. The first-order chi connectivity index (χ1) is 8.40. The largest absolute Gasteiger partial charge is 0.490 e. The zero-order valence-electron chi connectivity index (χ0n) is 10.4. The molecule has 0 aromatic rings. The number of ether oxygens (including phenoxy) is 3. The summed E-state index contributed by atoms with van der Waals surface area (Å²) in [5.41, 5.74) is 0. The Balaban J connectivity index is 1.80. The third-order valence-corrected chi connectivity index (χ3v) is 2.80. The van der Waals surface area contributed by atoms with Gasteiger partial charge >= 0.3 is 0 Å². The van der Waals surface area contributed by atoms with E-state index in [0.29, 0.717) is 13.2 Å². The lowest BCUT2D eigenvalue weighted by atomic mass is 10.1. The molecule has 4 heteroatoms. The van der Waals surface area contributed by atoms with E-state index in [-0.39, 0.29) is 6.10 Å². The van der Waals surface area contributed by atoms with Gasteiger partial charge in [0, 0.05) is 13.1 Å². The van der Waals surface area contributed by atoms with Crippen molar-refractivity contribution in [1.82, 2.24) is 5.32 Å². The Morgan fingerprint density at radius 2 is 2.06 bits per heavy atom. The van der Waals surface area contributed by atoms with E-state index in [9.17, 15) is 0 Å². The molecule has 1 atom stereocenters. The zero-order valence-corrected chi connectivity index (χ0v) is 10.4. The Morgan fingerprint density at radius 1 is 1.29 bits per heavy atom. The number of nitrogens with one attached hydrogen (secondary N) is 1. The van der Waals surface area contributed by atoms with Crippen molar-refractivity contribution in [3.63, 3.8) is 0 Å². The highest BCUT2D eigenvalue weighted by Crippen LogP contribution is 2.21.